The fourth-order valence-electron chi connectivity index (χ4n) is 2.70. The van der Waals surface area contributed by atoms with Crippen LogP contribution in [0.15, 0.2) is 67.0 Å². The van der Waals surface area contributed by atoms with Gasteiger partial charge in [0.15, 0.2) is 0 Å². The summed E-state index contributed by atoms with van der Waals surface area (Å²) in [5, 5.41) is 2.35. The first-order valence-corrected chi connectivity index (χ1v) is 6.86. The Labute approximate surface area is 122 Å². The van der Waals surface area contributed by atoms with Gasteiger partial charge in [0, 0.05) is 23.3 Å². The van der Waals surface area contributed by atoms with E-state index in [0.29, 0.717) is 0 Å². The topological polar surface area (TPSA) is 26.5 Å². The number of hydrogen-bond acceptors (Lipinski definition) is 2. The maximum absolute atomic E-state index is 5.43. The van der Waals surface area contributed by atoms with Gasteiger partial charge in [-0.05, 0) is 23.6 Å². The molecule has 0 fully saturated rings. The summed E-state index contributed by atoms with van der Waals surface area (Å²) in [5.74, 6) is 0.838. The second-order valence-electron chi connectivity index (χ2n) is 4.96. The van der Waals surface area contributed by atoms with Gasteiger partial charge in [0.05, 0.1) is 12.8 Å². The van der Waals surface area contributed by atoms with E-state index in [1.54, 1.807) is 7.11 Å². The van der Waals surface area contributed by atoms with Crippen LogP contribution in [0.25, 0.3) is 27.7 Å². The number of para-hydroxylation sites is 1. The maximum Gasteiger partial charge on any atom is 0.145 e. The molecule has 0 saturated heterocycles. The molecular weight excluding hydrogens is 260 g/mol. The van der Waals surface area contributed by atoms with E-state index >= 15 is 0 Å². The normalized spacial score (nSPS) is 11.1. The van der Waals surface area contributed by atoms with Crippen molar-refractivity contribution in [2.75, 3.05) is 7.11 Å². The highest BCUT2D eigenvalue weighted by Crippen LogP contribution is 2.30. The maximum atomic E-state index is 5.43. The van der Waals surface area contributed by atoms with Gasteiger partial charge < -0.3 is 9.14 Å². The molecule has 0 amide bonds. The summed E-state index contributed by atoms with van der Waals surface area (Å²) in [6.07, 6.45) is 4.09. The van der Waals surface area contributed by atoms with Crippen LogP contribution in [0.4, 0.5) is 0 Å². The van der Waals surface area contributed by atoms with E-state index in [0.717, 1.165) is 28.0 Å². The second kappa shape index (κ2) is 4.63. The Bertz CT molecular complexity index is 940. The van der Waals surface area contributed by atoms with Gasteiger partial charge in [-0.3, -0.25) is 0 Å². The zero-order valence-corrected chi connectivity index (χ0v) is 11.7. The first-order chi connectivity index (χ1) is 10.4. The lowest BCUT2D eigenvalue weighted by Crippen LogP contribution is -1.86. The number of ether oxygens (including phenoxy) is 1. The number of benzene rings is 2. The fourth-order valence-corrected chi connectivity index (χ4v) is 2.70. The lowest BCUT2D eigenvalue weighted by atomic mass is 10.1. The summed E-state index contributed by atoms with van der Waals surface area (Å²) in [5.41, 5.74) is 2.89. The number of nitrogens with zero attached hydrogens (tertiary/aromatic N) is 2. The van der Waals surface area contributed by atoms with Crippen LogP contribution < -0.4 is 4.74 Å². The third-order valence-corrected chi connectivity index (χ3v) is 3.73. The molecule has 21 heavy (non-hydrogen) atoms. The third kappa shape index (κ3) is 1.86. The Hall–Kier alpha value is -2.81. The summed E-state index contributed by atoms with van der Waals surface area (Å²) in [7, 11) is 1.68. The largest absolute Gasteiger partial charge is 0.496 e. The summed E-state index contributed by atoms with van der Waals surface area (Å²) in [6, 6.07) is 18.4. The van der Waals surface area contributed by atoms with Crippen molar-refractivity contribution in [2.45, 2.75) is 0 Å². The Kier molecular flexibility index (Phi) is 2.64. The smallest absolute Gasteiger partial charge is 0.145 e. The molecule has 0 spiro atoms. The zero-order valence-electron chi connectivity index (χ0n) is 11.7. The highest BCUT2D eigenvalue weighted by molar-refractivity contribution is 5.94. The summed E-state index contributed by atoms with van der Waals surface area (Å²) >= 11 is 0. The van der Waals surface area contributed by atoms with E-state index in [1.807, 2.05) is 48.8 Å². The Morgan fingerprint density at radius 3 is 2.67 bits per heavy atom. The molecule has 0 aliphatic carbocycles. The van der Waals surface area contributed by atoms with Gasteiger partial charge in [-0.2, -0.15) is 0 Å². The standard InChI is InChI=1S/C18H14N2O/c1-21-17-9-5-4-8-15(17)16-12-20-11-10-13-6-2-3-7-14(13)18(20)19-16/h2-12H,1H3. The average molecular weight is 274 g/mol. The summed E-state index contributed by atoms with van der Waals surface area (Å²) in [6.45, 7) is 0. The van der Waals surface area contributed by atoms with Crippen LogP contribution >= 0.6 is 0 Å². The molecule has 0 bridgehead atoms. The molecule has 0 radical (unpaired) electrons. The highest BCUT2D eigenvalue weighted by Gasteiger charge is 2.10. The van der Waals surface area contributed by atoms with Crippen molar-refractivity contribution in [3.8, 4) is 17.0 Å². The van der Waals surface area contributed by atoms with Gasteiger partial charge in [-0.25, -0.2) is 4.98 Å². The van der Waals surface area contributed by atoms with Crippen LogP contribution in [0.2, 0.25) is 0 Å². The lowest BCUT2D eigenvalue weighted by Gasteiger charge is -2.04. The molecule has 4 rings (SSSR count). The molecule has 4 aromatic rings. The molecule has 3 nitrogen and oxygen atoms in total. The molecule has 0 saturated carbocycles. The predicted molar refractivity (Wildman–Crippen MR) is 84.7 cm³/mol. The minimum atomic E-state index is 0.838. The molecule has 0 aliphatic heterocycles. The Balaban J connectivity index is 2.01. The monoisotopic (exact) mass is 274 g/mol. The molecule has 0 unspecified atom stereocenters. The summed E-state index contributed by atoms with van der Waals surface area (Å²) in [4.78, 5) is 4.80. The number of hydrogen-bond donors (Lipinski definition) is 0. The van der Waals surface area contributed by atoms with Crippen molar-refractivity contribution in [3.05, 3.63) is 67.0 Å². The van der Waals surface area contributed by atoms with Crippen molar-refractivity contribution in [2.24, 2.45) is 0 Å². The molecule has 2 heterocycles. The lowest BCUT2D eigenvalue weighted by molar-refractivity contribution is 0.416. The van der Waals surface area contributed by atoms with Crippen LogP contribution in [-0.4, -0.2) is 16.5 Å². The van der Waals surface area contributed by atoms with Crippen molar-refractivity contribution >= 4 is 16.4 Å². The van der Waals surface area contributed by atoms with E-state index in [-0.39, 0.29) is 0 Å². The van der Waals surface area contributed by atoms with Gasteiger partial charge in [-0.15, -0.1) is 0 Å². The predicted octanol–water partition coefficient (Wildman–Crippen LogP) is 4.16. The van der Waals surface area contributed by atoms with Crippen LogP contribution in [0.5, 0.6) is 5.75 Å². The van der Waals surface area contributed by atoms with Crippen LogP contribution in [0.3, 0.4) is 0 Å². The van der Waals surface area contributed by atoms with Crippen LogP contribution in [-0.2, 0) is 0 Å². The van der Waals surface area contributed by atoms with Gasteiger partial charge in [-0.1, -0.05) is 36.4 Å². The minimum Gasteiger partial charge on any atom is -0.496 e. The van der Waals surface area contributed by atoms with Crippen molar-refractivity contribution in [1.82, 2.24) is 9.38 Å². The highest BCUT2D eigenvalue weighted by atomic mass is 16.5. The summed E-state index contributed by atoms with van der Waals surface area (Å²) < 4.78 is 7.49. The van der Waals surface area contributed by atoms with Crippen molar-refractivity contribution < 1.29 is 4.74 Å². The second-order valence-corrected chi connectivity index (χ2v) is 4.96. The van der Waals surface area contributed by atoms with E-state index in [1.165, 1.54) is 5.39 Å². The molecular formula is C18H14N2O. The first-order valence-electron chi connectivity index (χ1n) is 6.86. The number of rotatable bonds is 2. The zero-order chi connectivity index (χ0) is 14.2. The number of imidazole rings is 1. The van der Waals surface area contributed by atoms with E-state index in [4.69, 9.17) is 9.72 Å². The number of pyridine rings is 1. The molecule has 2 aromatic heterocycles. The SMILES string of the molecule is COc1ccccc1-c1cn2ccc3ccccc3c2n1. The van der Waals surface area contributed by atoms with Gasteiger partial charge in [0.2, 0.25) is 0 Å². The average Bonchev–Trinajstić information content (AvgIpc) is 2.99. The molecule has 0 aliphatic rings. The van der Waals surface area contributed by atoms with Gasteiger partial charge >= 0.3 is 0 Å². The van der Waals surface area contributed by atoms with Crippen LogP contribution in [0.1, 0.15) is 0 Å². The van der Waals surface area contributed by atoms with Crippen LogP contribution in [0, 0.1) is 0 Å². The Morgan fingerprint density at radius 1 is 0.952 bits per heavy atom. The van der Waals surface area contributed by atoms with Gasteiger partial charge in [0.25, 0.3) is 0 Å². The quantitative estimate of drug-likeness (QED) is 0.548. The third-order valence-electron chi connectivity index (χ3n) is 3.73. The van der Waals surface area contributed by atoms with Crippen molar-refractivity contribution in [3.63, 3.8) is 0 Å². The van der Waals surface area contributed by atoms with Crippen molar-refractivity contribution in [1.29, 1.82) is 0 Å². The molecule has 0 atom stereocenters. The Morgan fingerprint density at radius 2 is 1.76 bits per heavy atom. The molecule has 3 heteroatoms. The first kappa shape index (κ1) is 12.0. The van der Waals surface area contributed by atoms with E-state index in [2.05, 4.69) is 22.6 Å². The van der Waals surface area contributed by atoms with E-state index in [9.17, 15) is 0 Å². The van der Waals surface area contributed by atoms with Gasteiger partial charge in [0.1, 0.15) is 11.4 Å². The number of aromatic nitrogens is 2. The molecule has 2 aromatic carbocycles. The molecule has 0 N–H and O–H groups in total. The minimum absolute atomic E-state index is 0.838. The van der Waals surface area contributed by atoms with E-state index < -0.39 is 0 Å². The number of fused-ring (bicyclic) bond motifs is 3. The number of methoxy groups -OCH3 is 1. The fraction of sp³-hybridized carbons (Fsp3) is 0.0556. The molecule has 102 valence electrons.